The van der Waals surface area contributed by atoms with Crippen molar-refractivity contribution in [1.29, 1.82) is 0 Å². The Bertz CT molecular complexity index is 3600. The lowest BCUT2D eigenvalue weighted by Gasteiger charge is -2.26. The van der Waals surface area contributed by atoms with Crippen molar-refractivity contribution in [2.75, 3.05) is 4.90 Å². The maximum Gasteiger partial charge on any atom is 0.136 e. The second-order valence-corrected chi connectivity index (χ2v) is 16.1. The van der Waals surface area contributed by atoms with Gasteiger partial charge >= 0.3 is 0 Å². The SMILES string of the molecule is c1ccc2cc(-c3ccc(N(c4ccc(-c5ccc(-c6ccc7ccc8ccccc8c7c6)cc5)cc4)c4ccc(-c5cccc6oc7ccccc7c56)cc4)cc3)ccc2c1. The quantitative estimate of drug-likeness (QED) is 0.150. The van der Waals surface area contributed by atoms with Crippen molar-refractivity contribution in [3.8, 4) is 44.5 Å². The molecule has 11 aromatic carbocycles. The number of para-hydroxylation sites is 1. The highest BCUT2D eigenvalue weighted by molar-refractivity contribution is 6.12. The monoisotopic (exact) mass is 789 g/mol. The third kappa shape index (κ3) is 6.29. The number of nitrogens with zero attached hydrogens (tertiary/aromatic N) is 1. The molecule has 0 aliphatic heterocycles. The van der Waals surface area contributed by atoms with Crippen LogP contribution in [-0.2, 0) is 0 Å². The molecule has 0 spiro atoms. The number of benzene rings is 11. The molecular weight excluding hydrogens is 751 g/mol. The fourth-order valence-electron chi connectivity index (χ4n) is 9.26. The van der Waals surface area contributed by atoms with Crippen molar-refractivity contribution in [3.05, 3.63) is 237 Å². The standard InChI is InChI=1S/C60H39NO/c1-2-10-48-38-49(24-20-40(48)8-1)44-28-34-52(35-29-44)61(53-36-30-46(31-37-53)55-13-7-15-59-60(55)56-12-5-6-14-58(56)62-59)51-32-26-42(27-33-51)41-16-18-43(19-17-41)50-25-23-47-22-21-45-9-3-4-11-54(45)57(47)39-50/h1-39H. The van der Waals surface area contributed by atoms with Crippen molar-refractivity contribution >= 4 is 71.3 Å². The average Bonchev–Trinajstić information content (AvgIpc) is 3.74. The number of hydrogen-bond donors (Lipinski definition) is 0. The molecule has 0 atom stereocenters. The van der Waals surface area contributed by atoms with Crippen LogP contribution in [0.15, 0.2) is 241 Å². The predicted octanol–water partition coefficient (Wildman–Crippen LogP) is 17.2. The summed E-state index contributed by atoms with van der Waals surface area (Å²) < 4.78 is 6.24. The van der Waals surface area contributed by atoms with Crippen molar-refractivity contribution < 1.29 is 4.42 Å². The van der Waals surface area contributed by atoms with E-state index in [-0.39, 0.29) is 0 Å². The van der Waals surface area contributed by atoms with Gasteiger partial charge in [-0.1, -0.05) is 176 Å². The molecule has 0 unspecified atom stereocenters. The Morgan fingerprint density at radius 3 is 1.35 bits per heavy atom. The van der Waals surface area contributed by atoms with E-state index >= 15 is 0 Å². The molecule has 0 aliphatic carbocycles. The molecule has 1 aromatic heterocycles. The Hall–Kier alpha value is -8.20. The van der Waals surface area contributed by atoms with Crippen molar-refractivity contribution in [1.82, 2.24) is 0 Å². The van der Waals surface area contributed by atoms with Crippen molar-refractivity contribution in [3.63, 3.8) is 0 Å². The lowest BCUT2D eigenvalue weighted by molar-refractivity contribution is 0.669. The van der Waals surface area contributed by atoms with Crippen LogP contribution in [0, 0.1) is 0 Å². The summed E-state index contributed by atoms with van der Waals surface area (Å²) in [4.78, 5) is 2.35. The summed E-state index contributed by atoms with van der Waals surface area (Å²) in [5, 5.41) is 9.86. The van der Waals surface area contributed by atoms with Crippen LogP contribution in [-0.4, -0.2) is 0 Å². The molecule has 0 saturated heterocycles. The van der Waals surface area contributed by atoms with Crippen LogP contribution < -0.4 is 4.90 Å². The molecule has 12 aromatic rings. The predicted molar refractivity (Wildman–Crippen MR) is 263 cm³/mol. The first-order chi connectivity index (χ1) is 30.7. The first-order valence-corrected chi connectivity index (χ1v) is 21.2. The van der Waals surface area contributed by atoms with E-state index in [4.69, 9.17) is 4.42 Å². The Morgan fingerprint density at radius 1 is 0.258 bits per heavy atom. The van der Waals surface area contributed by atoms with Gasteiger partial charge in [0.2, 0.25) is 0 Å². The molecule has 0 radical (unpaired) electrons. The molecule has 12 rings (SSSR count). The second kappa shape index (κ2) is 14.8. The highest BCUT2D eigenvalue weighted by Gasteiger charge is 2.16. The first kappa shape index (κ1) is 35.7. The molecule has 0 N–H and O–H groups in total. The van der Waals surface area contributed by atoms with Gasteiger partial charge in [-0.3, -0.25) is 0 Å². The maximum absolute atomic E-state index is 6.24. The van der Waals surface area contributed by atoms with Gasteiger partial charge in [0, 0.05) is 27.8 Å². The Morgan fingerprint density at radius 2 is 0.694 bits per heavy atom. The van der Waals surface area contributed by atoms with Gasteiger partial charge in [-0.2, -0.15) is 0 Å². The highest BCUT2D eigenvalue weighted by Crippen LogP contribution is 2.41. The zero-order chi connectivity index (χ0) is 41.0. The molecule has 0 bridgehead atoms. The van der Waals surface area contributed by atoms with Gasteiger partial charge < -0.3 is 9.32 Å². The Balaban J connectivity index is 0.887. The fourth-order valence-corrected chi connectivity index (χ4v) is 9.26. The van der Waals surface area contributed by atoms with Gasteiger partial charge in [0.25, 0.3) is 0 Å². The van der Waals surface area contributed by atoms with Crippen LogP contribution in [0.4, 0.5) is 17.1 Å². The zero-order valence-corrected chi connectivity index (χ0v) is 33.9. The second-order valence-electron chi connectivity index (χ2n) is 16.1. The van der Waals surface area contributed by atoms with Crippen LogP contribution in [0.2, 0.25) is 0 Å². The van der Waals surface area contributed by atoms with Crippen LogP contribution in [0.1, 0.15) is 0 Å². The van der Waals surface area contributed by atoms with Gasteiger partial charge in [-0.15, -0.1) is 0 Å². The highest BCUT2D eigenvalue weighted by atomic mass is 16.3. The molecular formula is C60H39NO. The maximum atomic E-state index is 6.24. The normalized spacial score (nSPS) is 11.5. The number of anilines is 3. The summed E-state index contributed by atoms with van der Waals surface area (Å²) in [7, 11) is 0. The third-order valence-corrected chi connectivity index (χ3v) is 12.5. The minimum atomic E-state index is 0.901. The van der Waals surface area contributed by atoms with Crippen molar-refractivity contribution in [2.45, 2.75) is 0 Å². The number of hydrogen-bond acceptors (Lipinski definition) is 2. The van der Waals surface area contributed by atoms with Gasteiger partial charge in [-0.25, -0.2) is 0 Å². The summed E-state index contributed by atoms with van der Waals surface area (Å²) in [5.74, 6) is 0. The molecule has 290 valence electrons. The van der Waals surface area contributed by atoms with Crippen LogP contribution in [0.5, 0.6) is 0 Å². The van der Waals surface area contributed by atoms with E-state index in [1.165, 1.54) is 65.7 Å². The molecule has 0 aliphatic rings. The van der Waals surface area contributed by atoms with Crippen LogP contribution in [0.25, 0.3) is 98.8 Å². The number of fused-ring (bicyclic) bond motifs is 7. The van der Waals surface area contributed by atoms with Gasteiger partial charge in [-0.05, 0) is 137 Å². The van der Waals surface area contributed by atoms with E-state index in [0.29, 0.717) is 0 Å². The minimum Gasteiger partial charge on any atom is -0.456 e. The topological polar surface area (TPSA) is 16.4 Å². The summed E-state index contributed by atoms with van der Waals surface area (Å²) in [6.07, 6.45) is 0. The summed E-state index contributed by atoms with van der Waals surface area (Å²) in [5.41, 5.74) is 14.5. The minimum absolute atomic E-state index is 0.901. The van der Waals surface area contributed by atoms with Gasteiger partial charge in [0.15, 0.2) is 0 Å². The molecule has 1 heterocycles. The first-order valence-electron chi connectivity index (χ1n) is 21.2. The lowest BCUT2D eigenvalue weighted by Crippen LogP contribution is -2.09. The average molecular weight is 790 g/mol. The molecule has 0 fully saturated rings. The molecule has 2 nitrogen and oxygen atoms in total. The summed E-state index contributed by atoms with van der Waals surface area (Å²) in [6.45, 7) is 0. The van der Waals surface area contributed by atoms with E-state index in [1.54, 1.807) is 0 Å². The Kier molecular flexibility index (Phi) is 8.53. The fraction of sp³-hybridized carbons (Fsp3) is 0. The van der Waals surface area contributed by atoms with E-state index < -0.39 is 0 Å². The van der Waals surface area contributed by atoms with E-state index in [2.05, 4.69) is 229 Å². The molecule has 0 amide bonds. The number of furan rings is 1. The molecule has 62 heavy (non-hydrogen) atoms. The van der Waals surface area contributed by atoms with Gasteiger partial charge in [0.1, 0.15) is 11.2 Å². The zero-order valence-electron chi connectivity index (χ0n) is 33.9. The summed E-state index contributed by atoms with van der Waals surface area (Å²) in [6, 6.07) is 85.5. The van der Waals surface area contributed by atoms with E-state index in [9.17, 15) is 0 Å². The summed E-state index contributed by atoms with van der Waals surface area (Å²) >= 11 is 0. The van der Waals surface area contributed by atoms with Crippen LogP contribution in [0.3, 0.4) is 0 Å². The smallest absolute Gasteiger partial charge is 0.136 e. The number of rotatable bonds is 7. The molecule has 2 heteroatoms. The van der Waals surface area contributed by atoms with Crippen molar-refractivity contribution in [2.24, 2.45) is 0 Å². The largest absolute Gasteiger partial charge is 0.456 e. The Labute approximate surface area is 360 Å². The lowest BCUT2D eigenvalue weighted by atomic mass is 9.96. The van der Waals surface area contributed by atoms with E-state index in [1.807, 2.05) is 12.1 Å². The molecule has 0 saturated carbocycles. The van der Waals surface area contributed by atoms with Crippen LogP contribution >= 0.6 is 0 Å². The van der Waals surface area contributed by atoms with Gasteiger partial charge in [0.05, 0.1) is 0 Å². The third-order valence-electron chi connectivity index (χ3n) is 12.5. The van der Waals surface area contributed by atoms with E-state index in [0.717, 1.165) is 50.1 Å².